The van der Waals surface area contributed by atoms with E-state index in [4.69, 9.17) is 14.6 Å². The van der Waals surface area contributed by atoms with E-state index in [1.807, 2.05) is 30.3 Å². The molecule has 0 aliphatic carbocycles. The van der Waals surface area contributed by atoms with Crippen LogP contribution in [0.25, 0.3) is 0 Å². The molecule has 1 rings (SSSR count). The Hall–Kier alpha value is -1.54. The smallest absolute Gasteiger partial charge is 0.490 e. The van der Waals surface area contributed by atoms with E-state index in [1.54, 1.807) is 7.11 Å². The van der Waals surface area contributed by atoms with E-state index in [9.17, 15) is 13.2 Å². The van der Waals surface area contributed by atoms with Gasteiger partial charge >= 0.3 is 12.1 Å². The van der Waals surface area contributed by atoms with Crippen LogP contribution in [0.2, 0.25) is 16.6 Å². The first-order valence-corrected chi connectivity index (χ1v) is 10.2. The molecule has 4 nitrogen and oxygen atoms in total. The zero-order chi connectivity index (χ0) is 20.2. The van der Waals surface area contributed by atoms with E-state index in [0.29, 0.717) is 0 Å². The van der Waals surface area contributed by atoms with Gasteiger partial charge in [0.05, 0.1) is 7.11 Å². The number of carboxylic acids is 1. The normalized spacial score (nSPS) is 10.5. The Kier molecular flexibility index (Phi) is 16.4. The summed E-state index contributed by atoms with van der Waals surface area (Å²) in [4.78, 5) is 8.90. The van der Waals surface area contributed by atoms with Gasteiger partial charge in [0.1, 0.15) is 5.75 Å². The van der Waals surface area contributed by atoms with Gasteiger partial charge < -0.3 is 15.3 Å². The third-order valence-electron chi connectivity index (χ3n) is 3.53. The predicted octanol–water partition coefficient (Wildman–Crippen LogP) is 4.95. The number of methoxy groups -OCH3 is 1. The molecular formula is C18H33F3O4Si. The second kappa shape index (κ2) is 14.6. The lowest BCUT2D eigenvalue weighted by Gasteiger charge is -2.26. The van der Waals surface area contributed by atoms with Crippen molar-refractivity contribution < 1.29 is 33.3 Å². The molecule has 0 amide bonds. The molecule has 0 aliphatic heterocycles. The lowest BCUT2D eigenvalue weighted by molar-refractivity contribution is -0.192. The van der Waals surface area contributed by atoms with E-state index in [-0.39, 0.29) is 5.48 Å². The molecule has 0 aliphatic rings. The van der Waals surface area contributed by atoms with Crippen molar-refractivity contribution in [1.29, 1.82) is 0 Å². The summed E-state index contributed by atoms with van der Waals surface area (Å²) in [5.74, 6) is -1.85. The van der Waals surface area contributed by atoms with E-state index in [1.165, 1.54) is 0 Å². The van der Waals surface area contributed by atoms with Crippen LogP contribution in [0.5, 0.6) is 5.75 Å². The number of alkyl halides is 3. The van der Waals surface area contributed by atoms with Gasteiger partial charge in [-0.1, -0.05) is 76.4 Å². The number of aliphatic carboxylic acids is 1. The molecule has 26 heavy (non-hydrogen) atoms. The Morgan fingerprint density at radius 1 is 0.962 bits per heavy atom. The van der Waals surface area contributed by atoms with Crippen molar-refractivity contribution in [2.45, 2.75) is 64.3 Å². The average Bonchev–Trinajstić information content (AvgIpc) is 2.47. The number of carboxylic acid groups (broad SMARTS) is 1. The first kappa shape index (κ1) is 29.2. The van der Waals surface area contributed by atoms with E-state index in [0.717, 1.165) is 22.4 Å². The van der Waals surface area contributed by atoms with Gasteiger partial charge in [-0.2, -0.15) is 13.2 Å². The maximum absolute atomic E-state index is 10.6. The first-order valence-electron chi connectivity index (χ1n) is 8.23. The van der Waals surface area contributed by atoms with Crippen molar-refractivity contribution in [3.05, 3.63) is 30.3 Å². The number of hydrogen-bond donors (Lipinski definition) is 1. The summed E-state index contributed by atoms with van der Waals surface area (Å²) in [6.45, 7) is 14.3. The SMILES string of the molecule is CC(C)[SiH](C(C)C)C(C)C.COc1ccccc1.O.O=C(O)C(F)(F)F. The van der Waals surface area contributed by atoms with Crippen LogP contribution in [0, 0.1) is 0 Å². The van der Waals surface area contributed by atoms with Crippen molar-refractivity contribution in [2.75, 3.05) is 7.11 Å². The van der Waals surface area contributed by atoms with Gasteiger partial charge in [0.2, 0.25) is 0 Å². The van der Waals surface area contributed by atoms with Gasteiger partial charge in [0.15, 0.2) is 0 Å². The second-order valence-electron chi connectivity index (χ2n) is 6.63. The number of carbonyl (C=O) groups is 1. The Morgan fingerprint density at radius 3 is 1.38 bits per heavy atom. The third kappa shape index (κ3) is 14.8. The van der Waals surface area contributed by atoms with E-state index < -0.39 is 20.9 Å². The second-order valence-corrected chi connectivity index (χ2v) is 11.8. The molecule has 0 atom stereocenters. The van der Waals surface area contributed by atoms with Crippen molar-refractivity contribution in [1.82, 2.24) is 0 Å². The highest BCUT2D eigenvalue weighted by Crippen LogP contribution is 2.29. The molecule has 154 valence electrons. The summed E-state index contributed by atoms with van der Waals surface area (Å²) in [7, 11) is 1.21. The first-order chi connectivity index (χ1) is 11.3. The number of rotatable bonds is 4. The third-order valence-corrected chi connectivity index (χ3v) is 8.15. The van der Waals surface area contributed by atoms with Crippen LogP contribution in [-0.2, 0) is 4.79 Å². The van der Waals surface area contributed by atoms with Gasteiger partial charge in [0.25, 0.3) is 0 Å². The fourth-order valence-corrected chi connectivity index (χ4v) is 7.48. The lowest BCUT2D eigenvalue weighted by atomic mass is 10.3. The molecule has 0 spiro atoms. The number of benzene rings is 1. The van der Waals surface area contributed by atoms with Gasteiger partial charge in [-0.15, -0.1) is 0 Å². The van der Waals surface area contributed by atoms with Gasteiger partial charge in [-0.3, -0.25) is 0 Å². The van der Waals surface area contributed by atoms with Crippen LogP contribution in [0.3, 0.4) is 0 Å². The van der Waals surface area contributed by atoms with Crippen molar-refractivity contribution in [2.24, 2.45) is 0 Å². The van der Waals surface area contributed by atoms with Gasteiger partial charge in [-0.05, 0) is 12.1 Å². The number of hydrogen-bond acceptors (Lipinski definition) is 2. The Morgan fingerprint density at radius 2 is 1.27 bits per heavy atom. The summed E-state index contributed by atoms with van der Waals surface area (Å²) < 4.78 is 36.7. The van der Waals surface area contributed by atoms with Crippen LogP contribution in [0.1, 0.15) is 41.5 Å². The fourth-order valence-electron chi connectivity index (χ4n) is 2.87. The zero-order valence-corrected chi connectivity index (χ0v) is 17.7. The lowest BCUT2D eigenvalue weighted by Crippen LogP contribution is -2.24. The summed E-state index contributed by atoms with van der Waals surface area (Å²) in [6.07, 6.45) is -5.08. The zero-order valence-electron chi connectivity index (χ0n) is 16.6. The molecule has 0 bridgehead atoms. The summed E-state index contributed by atoms with van der Waals surface area (Å²) >= 11 is 0. The quantitative estimate of drug-likeness (QED) is 0.729. The molecule has 1 aromatic rings. The standard InChI is InChI=1S/C9H22Si.C7H8O.C2HF3O2.H2O/c1-7(2)10(8(3)4)9(5)6;1-8-7-5-3-2-4-6-7;3-2(4,5)1(6)7;/h7-10H,1-6H3;2-6H,1H3;(H,6,7);1H2. The molecule has 0 saturated heterocycles. The minimum atomic E-state index is -5.08. The topological polar surface area (TPSA) is 78.0 Å². The molecule has 0 unspecified atom stereocenters. The molecule has 0 radical (unpaired) electrons. The summed E-state index contributed by atoms with van der Waals surface area (Å²) in [5, 5.41) is 7.12. The van der Waals surface area contributed by atoms with Gasteiger partial charge in [-0.25, -0.2) is 4.79 Å². The highest BCUT2D eigenvalue weighted by molar-refractivity contribution is 6.63. The van der Waals surface area contributed by atoms with Crippen LogP contribution in [0.15, 0.2) is 30.3 Å². The Labute approximate surface area is 156 Å². The van der Waals surface area contributed by atoms with E-state index >= 15 is 0 Å². The molecule has 8 heteroatoms. The highest BCUT2D eigenvalue weighted by Gasteiger charge is 2.38. The van der Waals surface area contributed by atoms with Crippen LogP contribution < -0.4 is 4.74 Å². The highest BCUT2D eigenvalue weighted by atomic mass is 28.3. The molecular weight excluding hydrogens is 365 g/mol. The fraction of sp³-hybridized carbons (Fsp3) is 0.611. The van der Waals surface area contributed by atoms with E-state index in [2.05, 4.69) is 41.5 Å². The van der Waals surface area contributed by atoms with Gasteiger partial charge in [0, 0.05) is 8.80 Å². The molecule has 1 aromatic carbocycles. The van der Waals surface area contributed by atoms with Crippen LogP contribution in [0.4, 0.5) is 13.2 Å². The predicted molar refractivity (Wildman–Crippen MR) is 103 cm³/mol. The molecule has 0 fully saturated rings. The largest absolute Gasteiger partial charge is 0.497 e. The molecule has 3 N–H and O–H groups in total. The average molecular weight is 399 g/mol. The number of ether oxygens (including phenoxy) is 1. The monoisotopic (exact) mass is 398 g/mol. The summed E-state index contributed by atoms with van der Waals surface area (Å²) in [6, 6.07) is 9.68. The summed E-state index contributed by atoms with van der Waals surface area (Å²) in [5.41, 5.74) is 2.92. The number of halogens is 3. The Bertz CT molecular complexity index is 444. The van der Waals surface area contributed by atoms with Crippen LogP contribution >= 0.6 is 0 Å². The molecule has 0 saturated carbocycles. The van der Waals surface area contributed by atoms with Crippen molar-refractivity contribution in [3.8, 4) is 5.75 Å². The minimum absolute atomic E-state index is 0. The van der Waals surface area contributed by atoms with Crippen LogP contribution in [-0.4, -0.2) is 38.6 Å². The van der Waals surface area contributed by atoms with Crippen molar-refractivity contribution >= 4 is 14.8 Å². The molecule has 0 heterocycles. The maximum Gasteiger partial charge on any atom is 0.490 e. The maximum atomic E-state index is 10.6. The minimum Gasteiger partial charge on any atom is -0.497 e. The van der Waals surface area contributed by atoms with Crippen molar-refractivity contribution in [3.63, 3.8) is 0 Å². The Balaban J connectivity index is -0.000000304. The number of para-hydroxylation sites is 1. The molecule has 0 aromatic heterocycles.